The fourth-order valence-electron chi connectivity index (χ4n) is 2.32. The zero-order chi connectivity index (χ0) is 20.7. The van der Waals surface area contributed by atoms with Crippen LogP contribution in [0.3, 0.4) is 0 Å². The molecule has 3 aromatic rings. The minimum Gasteiger partial charge on any atom is -0.475 e. The van der Waals surface area contributed by atoms with Gasteiger partial charge >= 0.3 is 12.1 Å². The summed E-state index contributed by atoms with van der Waals surface area (Å²) in [5, 5.41) is 11.5. The van der Waals surface area contributed by atoms with E-state index in [4.69, 9.17) is 9.90 Å². The molecule has 0 spiro atoms. The molecule has 0 amide bonds. The topological polar surface area (TPSA) is 92.9 Å². The quantitative estimate of drug-likeness (QED) is 0.600. The maximum Gasteiger partial charge on any atom is 0.490 e. The summed E-state index contributed by atoms with van der Waals surface area (Å²) < 4.78 is 34.8. The molecule has 0 aliphatic carbocycles. The number of hydrogen-bond acceptors (Lipinski definition) is 5. The van der Waals surface area contributed by atoms with Crippen LogP contribution in [0.15, 0.2) is 41.4 Å². The van der Waals surface area contributed by atoms with Gasteiger partial charge in [0.2, 0.25) is 0 Å². The number of nitrogens with one attached hydrogen (secondary N) is 1. The Morgan fingerprint density at radius 1 is 1.29 bits per heavy atom. The van der Waals surface area contributed by atoms with Crippen molar-refractivity contribution in [2.45, 2.75) is 26.1 Å². The largest absolute Gasteiger partial charge is 0.490 e. The maximum absolute atomic E-state index is 10.6. The highest BCUT2D eigenvalue weighted by molar-refractivity contribution is 9.10. The van der Waals surface area contributed by atoms with Gasteiger partial charge in [-0.2, -0.15) is 13.2 Å². The van der Waals surface area contributed by atoms with Gasteiger partial charge < -0.3 is 15.0 Å². The number of carboxylic acids is 1. The molecular weight excluding hydrogens is 443 g/mol. The molecule has 0 saturated carbocycles. The molecule has 0 atom stereocenters. The molecule has 3 rings (SSSR count). The van der Waals surface area contributed by atoms with Crippen molar-refractivity contribution < 1.29 is 23.1 Å². The predicted octanol–water partition coefficient (Wildman–Crippen LogP) is 3.90. The van der Waals surface area contributed by atoms with E-state index in [0.717, 1.165) is 46.5 Å². The van der Waals surface area contributed by atoms with E-state index in [1.54, 1.807) is 12.4 Å². The molecule has 0 fully saturated rings. The fourth-order valence-corrected chi connectivity index (χ4v) is 2.74. The van der Waals surface area contributed by atoms with Crippen LogP contribution in [0.5, 0.6) is 0 Å². The van der Waals surface area contributed by atoms with Gasteiger partial charge in [-0.25, -0.2) is 14.8 Å². The van der Waals surface area contributed by atoms with E-state index >= 15 is 0 Å². The van der Waals surface area contributed by atoms with Gasteiger partial charge in [0.05, 0.1) is 0 Å². The van der Waals surface area contributed by atoms with Crippen LogP contribution in [-0.2, 0) is 17.8 Å². The number of alkyl halides is 3. The third-order valence-corrected chi connectivity index (χ3v) is 4.23. The molecule has 7 nitrogen and oxygen atoms in total. The van der Waals surface area contributed by atoms with Crippen molar-refractivity contribution >= 4 is 38.6 Å². The van der Waals surface area contributed by atoms with E-state index in [9.17, 15) is 13.2 Å². The van der Waals surface area contributed by atoms with Crippen LogP contribution in [0.2, 0.25) is 0 Å². The van der Waals surface area contributed by atoms with Crippen molar-refractivity contribution in [1.29, 1.82) is 0 Å². The minimum atomic E-state index is -5.08. The number of halogens is 4. The van der Waals surface area contributed by atoms with Crippen molar-refractivity contribution in [1.82, 2.24) is 19.5 Å². The molecule has 150 valence electrons. The average Bonchev–Trinajstić information content (AvgIpc) is 3.11. The third kappa shape index (κ3) is 5.65. The number of carbonyl (C=O) groups is 1. The number of aromatic nitrogens is 4. The number of fused-ring (bicyclic) bond motifs is 1. The Labute approximate surface area is 166 Å². The number of nitrogens with zero attached hydrogens (tertiary/aromatic N) is 4. The zero-order valence-corrected chi connectivity index (χ0v) is 16.3. The van der Waals surface area contributed by atoms with E-state index in [1.165, 1.54) is 0 Å². The smallest absolute Gasteiger partial charge is 0.475 e. The first-order valence-electron chi connectivity index (χ1n) is 8.17. The van der Waals surface area contributed by atoms with Gasteiger partial charge in [0.1, 0.15) is 11.3 Å². The molecule has 0 aliphatic heterocycles. The summed E-state index contributed by atoms with van der Waals surface area (Å²) in [4.78, 5) is 22.1. The second-order valence-corrected chi connectivity index (χ2v) is 6.33. The number of pyridine rings is 2. The van der Waals surface area contributed by atoms with Crippen LogP contribution in [-0.4, -0.2) is 43.3 Å². The van der Waals surface area contributed by atoms with Crippen molar-refractivity contribution in [3.8, 4) is 0 Å². The van der Waals surface area contributed by atoms with Gasteiger partial charge in [-0.1, -0.05) is 6.92 Å². The van der Waals surface area contributed by atoms with E-state index < -0.39 is 12.1 Å². The Morgan fingerprint density at radius 3 is 2.64 bits per heavy atom. The minimum absolute atomic E-state index is 0.781. The molecule has 0 bridgehead atoms. The van der Waals surface area contributed by atoms with Gasteiger partial charge in [0.25, 0.3) is 0 Å². The monoisotopic (exact) mass is 459 g/mol. The summed E-state index contributed by atoms with van der Waals surface area (Å²) in [5.41, 5.74) is 0.883. The maximum atomic E-state index is 10.6. The summed E-state index contributed by atoms with van der Waals surface area (Å²) >= 11 is 3.51. The number of imidazole rings is 1. The lowest BCUT2D eigenvalue weighted by atomic mass is 10.2. The number of anilines is 1. The SMILES string of the molecule is CCc1nccn1CCNc1ncc(Br)c2cccnc12.O=C(O)C(F)(F)F. The molecule has 0 aromatic carbocycles. The highest BCUT2D eigenvalue weighted by atomic mass is 79.9. The molecule has 11 heteroatoms. The molecule has 0 unspecified atom stereocenters. The number of aryl methyl sites for hydroxylation is 1. The Hall–Kier alpha value is -2.69. The first kappa shape index (κ1) is 21.6. The van der Waals surface area contributed by atoms with Gasteiger partial charge in [-0.3, -0.25) is 4.98 Å². The summed E-state index contributed by atoms with van der Waals surface area (Å²) in [7, 11) is 0. The molecule has 0 radical (unpaired) electrons. The third-order valence-electron chi connectivity index (χ3n) is 3.60. The van der Waals surface area contributed by atoms with E-state index in [2.05, 4.69) is 47.7 Å². The van der Waals surface area contributed by atoms with Crippen molar-refractivity contribution in [2.24, 2.45) is 0 Å². The zero-order valence-electron chi connectivity index (χ0n) is 14.7. The molecule has 28 heavy (non-hydrogen) atoms. The Kier molecular flexibility index (Phi) is 7.32. The van der Waals surface area contributed by atoms with Crippen LogP contribution in [0.4, 0.5) is 19.0 Å². The fraction of sp³-hybridized carbons (Fsp3) is 0.294. The number of rotatable bonds is 5. The van der Waals surface area contributed by atoms with Gasteiger partial charge in [0.15, 0.2) is 5.82 Å². The van der Waals surface area contributed by atoms with Crippen LogP contribution >= 0.6 is 15.9 Å². The summed E-state index contributed by atoms with van der Waals surface area (Å²) in [6.45, 7) is 3.75. The molecular formula is C17H17BrF3N5O2. The van der Waals surface area contributed by atoms with Crippen LogP contribution in [0, 0.1) is 0 Å². The van der Waals surface area contributed by atoms with Crippen LogP contribution < -0.4 is 5.32 Å². The second-order valence-electron chi connectivity index (χ2n) is 5.47. The van der Waals surface area contributed by atoms with Crippen molar-refractivity contribution in [2.75, 3.05) is 11.9 Å². The van der Waals surface area contributed by atoms with Gasteiger partial charge in [0, 0.05) is 54.2 Å². The molecule has 3 aromatic heterocycles. The lowest BCUT2D eigenvalue weighted by molar-refractivity contribution is -0.192. The number of hydrogen-bond donors (Lipinski definition) is 2. The standard InChI is InChI=1S/C15H16BrN5.C2HF3O2/c1-2-13-17-6-8-21(13)9-7-19-15-14-11(4-3-5-18-14)12(16)10-20-15;3-2(4,5)1(6)7/h3-6,8,10H,2,7,9H2,1H3,(H,19,20);(H,6,7). The summed E-state index contributed by atoms with van der Waals surface area (Å²) in [6, 6.07) is 3.96. The summed E-state index contributed by atoms with van der Waals surface area (Å²) in [6.07, 6.45) is 3.29. The number of aliphatic carboxylic acids is 1. The highest BCUT2D eigenvalue weighted by Gasteiger charge is 2.38. The first-order chi connectivity index (χ1) is 13.2. The van der Waals surface area contributed by atoms with Crippen LogP contribution in [0.25, 0.3) is 10.9 Å². The average molecular weight is 460 g/mol. The van der Waals surface area contributed by atoms with Crippen molar-refractivity contribution in [3.05, 3.63) is 47.2 Å². The summed E-state index contributed by atoms with van der Waals surface area (Å²) in [5.74, 6) is -0.844. The Morgan fingerprint density at radius 2 is 2.00 bits per heavy atom. The van der Waals surface area contributed by atoms with Gasteiger partial charge in [-0.15, -0.1) is 0 Å². The second kappa shape index (κ2) is 9.49. The van der Waals surface area contributed by atoms with Crippen LogP contribution in [0.1, 0.15) is 12.7 Å². The van der Waals surface area contributed by atoms with E-state index in [0.29, 0.717) is 0 Å². The first-order valence-corrected chi connectivity index (χ1v) is 8.96. The van der Waals surface area contributed by atoms with Crippen molar-refractivity contribution in [3.63, 3.8) is 0 Å². The Bertz CT molecular complexity index is 946. The Balaban J connectivity index is 0.000000345. The highest BCUT2D eigenvalue weighted by Crippen LogP contribution is 2.25. The predicted molar refractivity (Wildman–Crippen MR) is 101 cm³/mol. The molecule has 2 N–H and O–H groups in total. The molecule has 0 saturated heterocycles. The lowest BCUT2D eigenvalue weighted by Gasteiger charge is -2.10. The van der Waals surface area contributed by atoms with E-state index in [-0.39, 0.29) is 0 Å². The number of carboxylic acid groups (broad SMARTS) is 1. The lowest BCUT2D eigenvalue weighted by Crippen LogP contribution is -2.21. The molecule has 0 aliphatic rings. The van der Waals surface area contributed by atoms with E-state index in [1.807, 2.05) is 24.5 Å². The van der Waals surface area contributed by atoms with Gasteiger partial charge in [-0.05, 0) is 28.1 Å². The molecule has 3 heterocycles. The normalized spacial score (nSPS) is 11.0.